The van der Waals surface area contributed by atoms with Crippen LogP contribution in [0.4, 0.5) is 0 Å². The first-order valence-electron chi connectivity index (χ1n) is 5.61. The SMILES string of the molecule is Brc1csc(-c2noc(CC3CCCN3)n2)c1.Cl. The van der Waals surface area contributed by atoms with Gasteiger partial charge in [0, 0.05) is 22.3 Å². The zero-order valence-electron chi connectivity index (χ0n) is 9.56. The lowest BCUT2D eigenvalue weighted by Gasteiger charge is -2.04. The Morgan fingerprint density at radius 2 is 2.44 bits per heavy atom. The first-order valence-corrected chi connectivity index (χ1v) is 7.29. The summed E-state index contributed by atoms with van der Waals surface area (Å²) >= 11 is 5.03. The number of hydrogen-bond donors (Lipinski definition) is 1. The summed E-state index contributed by atoms with van der Waals surface area (Å²) in [7, 11) is 0. The van der Waals surface area contributed by atoms with E-state index in [2.05, 4.69) is 31.4 Å². The van der Waals surface area contributed by atoms with Crippen LogP contribution in [0.5, 0.6) is 0 Å². The Kier molecular flexibility index (Phi) is 4.77. The molecule has 3 heterocycles. The predicted octanol–water partition coefficient (Wildman–Crippen LogP) is 3.28. The second-order valence-electron chi connectivity index (χ2n) is 4.14. The molecule has 98 valence electrons. The average molecular weight is 351 g/mol. The van der Waals surface area contributed by atoms with Crippen LogP contribution in [-0.4, -0.2) is 22.7 Å². The van der Waals surface area contributed by atoms with E-state index in [-0.39, 0.29) is 12.4 Å². The van der Waals surface area contributed by atoms with Gasteiger partial charge in [0.1, 0.15) is 0 Å². The topological polar surface area (TPSA) is 51.0 Å². The first kappa shape index (κ1) is 14.0. The Balaban J connectivity index is 0.00000120. The molecule has 0 amide bonds. The molecule has 1 aliphatic heterocycles. The smallest absolute Gasteiger partial charge is 0.228 e. The lowest BCUT2D eigenvalue weighted by atomic mass is 10.1. The van der Waals surface area contributed by atoms with Gasteiger partial charge >= 0.3 is 0 Å². The second kappa shape index (κ2) is 6.14. The molecule has 4 nitrogen and oxygen atoms in total. The van der Waals surface area contributed by atoms with Crippen LogP contribution in [0.3, 0.4) is 0 Å². The van der Waals surface area contributed by atoms with E-state index in [1.165, 1.54) is 12.8 Å². The fourth-order valence-corrected chi connectivity index (χ4v) is 3.36. The third kappa shape index (κ3) is 3.12. The third-order valence-corrected chi connectivity index (χ3v) is 4.53. The van der Waals surface area contributed by atoms with Crippen LogP contribution >= 0.6 is 39.7 Å². The maximum atomic E-state index is 5.28. The largest absolute Gasteiger partial charge is 0.339 e. The number of nitrogens with zero attached hydrogens (tertiary/aromatic N) is 2. The van der Waals surface area contributed by atoms with E-state index in [4.69, 9.17) is 4.52 Å². The van der Waals surface area contributed by atoms with E-state index in [0.717, 1.165) is 28.2 Å². The van der Waals surface area contributed by atoms with E-state index in [9.17, 15) is 0 Å². The Bertz CT molecular complexity index is 510. The van der Waals surface area contributed by atoms with Crippen molar-refractivity contribution >= 4 is 39.7 Å². The summed E-state index contributed by atoms with van der Waals surface area (Å²) in [6.45, 7) is 1.10. The van der Waals surface area contributed by atoms with E-state index in [0.29, 0.717) is 11.9 Å². The molecule has 0 aliphatic carbocycles. The van der Waals surface area contributed by atoms with Gasteiger partial charge in [-0.1, -0.05) is 5.16 Å². The summed E-state index contributed by atoms with van der Waals surface area (Å²) in [6.07, 6.45) is 3.27. The van der Waals surface area contributed by atoms with Crippen LogP contribution in [0.15, 0.2) is 20.4 Å². The molecule has 0 spiro atoms. The Morgan fingerprint density at radius 1 is 1.56 bits per heavy atom. The summed E-state index contributed by atoms with van der Waals surface area (Å²) in [5, 5.41) is 9.46. The minimum atomic E-state index is 0. The molecule has 1 atom stereocenters. The molecule has 1 N–H and O–H groups in total. The maximum absolute atomic E-state index is 5.28. The van der Waals surface area contributed by atoms with Crippen molar-refractivity contribution in [2.24, 2.45) is 0 Å². The molecule has 0 saturated carbocycles. The van der Waals surface area contributed by atoms with Crippen LogP contribution in [-0.2, 0) is 6.42 Å². The van der Waals surface area contributed by atoms with Crippen molar-refractivity contribution in [3.8, 4) is 10.7 Å². The van der Waals surface area contributed by atoms with Crippen molar-refractivity contribution in [1.82, 2.24) is 15.5 Å². The summed E-state index contributed by atoms with van der Waals surface area (Å²) in [4.78, 5) is 5.46. The number of nitrogens with one attached hydrogen (secondary N) is 1. The lowest BCUT2D eigenvalue weighted by Crippen LogP contribution is -2.23. The molecule has 0 bridgehead atoms. The molecule has 1 saturated heterocycles. The van der Waals surface area contributed by atoms with Crippen molar-refractivity contribution in [3.05, 3.63) is 21.8 Å². The van der Waals surface area contributed by atoms with E-state index in [1.807, 2.05) is 11.4 Å². The van der Waals surface area contributed by atoms with Gasteiger partial charge in [-0.05, 0) is 41.4 Å². The van der Waals surface area contributed by atoms with E-state index >= 15 is 0 Å². The van der Waals surface area contributed by atoms with Crippen LogP contribution in [0.2, 0.25) is 0 Å². The van der Waals surface area contributed by atoms with Gasteiger partial charge in [-0.2, -0.15) is 4.98 Å². The summed E-state index contributed by atoms with van der Waals surface area (Å²) in [5.74, 6) is 1.41. The summed E-state index contributed by atoms with van der Waals surface area (Å²) < 4.78 is 6.34. The second-order valence-corrected chi connectivity index (χ2v) is 5.97. The van der Waals surface area contributed by atoms with Crippen LogP contribution in [0.1, 0.15) is 18.7 Å². The number of thiophene rings is 1. The van der Waals surface area contributed by atoms with Crippen molar-refractivity contribution in [2.75, 3.05) is 6.54 Å². The van der Waals surface area contributed by atoms with Gasteiger partial charge in [-0.3, -0.25) is 0 Å². The highest BCUT2D eigenvalue weighted by molar-refractivity contribution is 9.10. The zero-order chi connectivity index (χ0) is 11.7. The fraction of sp³-hybridized carbons (Fsp3) is 0.455. The molecule has 3 rings (SSSR count). The fourth-order valence-electron chi connectivity index (χ4n) is 2.01. The standard InChI is InChI=1S/C11H12BrN3OS.ClH/c12-7-4-9(17-6-7)11-14-10(16-15-11)5-8-2-1-3-13-8;/h4,6,8,13H,1-3,5H2;1H. The van der Waals surface area contributed by atoms with E-state index < -0.39 is 0 Å². The Labute approximate surface area is 124 Å². The van der Waals surface area contributed by atoms with Crippen LogP contribution < -0.4 is 5.32 Å². The monoisotopic (exact) mass is 349 g/mol. The number of rotatable bonds is 3. The molecule has 2 aromatic rings. The highest BCUT2D eigenvalue weighted by Gasteiger charge is 2.18. The Morgan fingerprint density at radius 3 is 3.11 bits per heavy atom. The summed E-state index contributed by atoms with van der Waals surface area (Å²) in [5.41, 5.74) is 0. The number of aromatic nitrogens is 2. The molecule has 18 heavy (non-hydrogen) atoms. The molecule has 0 aromatic carbocycles. The van der Waals surface area contributed by atoms with Crippen molar-refractivity contribution < 1.29 is 4.52 Å². The number of halogens is 2. The molecular weight excluding hydrogens is 338 g/mol. The zero-order valence-corrected chi connectivity index (χ0v) is 12.8. The molecule has 1 aliphatic rings. The highest BCUT2D eigenvalue weighted by Crippen LogP contribution is 2.27. The average Bonchev–Trinajstić information content (AvgIpc) is 2.99. The Hall–Kier alpha value is -0.430. The minimum Gasteiger partial charge on any atom is -0.339 e. The van der Waals surface area contributed by atoms with Gasteiger partial charge < -0.3 is 9.84 Å². The van der Waals surface area contributed by atoms with Crippen LogP contribution in [0, 0.1) is 0 Å². The highest BCUT2D eigenvalue weighted by atomic mass is 79.9. The van der Waals surface area contributed by atoms with Gasteiger partial charge in [0.2, 0.25) is 11.7 Å². The molecule has 0 radical (unpaired) electrons. The van der Waals surface area contributed by atoms with Gasteiger partial charge in [0.25, 0.3) is 0 Å². The predicted molar refractivity (Wildman–Crippen MR) is 77.3 cm³/mol. The van der Waals surface area contributed by atoms with Gasteiger partial charge in [-0.25, -0.2) is 0 Å². The summed E-state index contributed by atoms with van der Waals surface area (Å²) in [6, 6.07) is 2.51. The normalized spacial score (nSPS) is 18.8. The molecule has 2 aromatic heterocycles. The lowest BCUT2D eigenvalue weighted by molar-refractivity contribution is 0.364. The third-order valence-electron chi connectivity index (χ3n) is 2.84. The minimum absolute atomic E-state index is 0. The van der Waals surface area contributed by atoms with Crippen molar-refractivity contribution in [2.45, 2.75) is 25.3 Å². The van der Waals surface area contributed by atoms with Crippen molar-refractivity contribution in [3.63, 3.8) is 0 Å². The maximum Gasteiger partial charge on any atom is 0.228 e. The molecular formula is C11H13BrClN3OS. The quantitative estimate of drug-likeness (QED) is 0.923. The van der Waals surface area contributed by atoms with Gasteiger partial charge in [0.15, 0.2) is 0 Å². The van der Waals surface area contributed by atoms with Gasteiger partial charge in [-0.15, -0.1) is 23.7 Å². The van der Waals surface area contributed by atoms with Crippen molar-refractivity contribution in [1.29, 1.82) is 0 Å². The number of hydrogen-bond acceptors (Lipinski definition) is 5. The molecule has 1 fully saturated rings. The van der Waals surface area contributed by atoms with E-state index in [1.54, 1.807) is 11.3 Å². The van der Waals surface area contributed by atoms with Crippen LogP contribution in [0.25, 0.3) is 10.7 Å². The first-order chi connectivity index (χ1) is 8.31. The molecule has 7 heteroatoms. The van der Waals surface area contributed by atoms with Gasteiger partial charge in [0.05, 0.1) is 4.88 Å². The molecule has 1 unspecified atom stereocenters.